The van der Waals surface area contributed by atoms with Crippen LogP contribution in [-0.4, -0.2) is 142 Å². The maximum Gasteiger partial charge on any atom is 0.402 e. The van der Waals surface area contributed by atoms with Crippen LogP contribution in [0.2, 0.25) is 5.02 Å². The number of aryl methyl sites for hydroxylation is 1. The number of hydrogen-bond acceptors (Lipinski definition) is 7. The zero-order chi connectivity index (χ0) is 48.1. The Balaban J connectivity index is 1.42. The largest absolute Gasteiger partial charge is 0.402 e. The van der Waals surface area contributed by atoms with Gasteiger partial charge < -0.3 is 30.2 Å². The van der Waals surface area contributed by atoms with Crippen molar-refractivity contribution < 1.29 is 46.3 Å². The van der Waals surface area contributed by atoms with Crippen molar-refractivity contribution in [3.63, 3.8) is 0 Å². The van der Waals surface area contributed by atoms with E-state index in [4.69, 9.17) is 11.6 Å². The second-order valence-corrected chi connectivity index (χ2v) is 19.5. The Labute approximate surface area is 384 Å². The minimum absolute atomic E-state index is 0.0925. The van der Waals surface area contributed by atoms with Gasteiger partial charge in [0.15, 0.2) is 0 Å². The number of halogens is 5. The molecule has 360 valence electrons. The van der Waals surface area contributed by atoms with Crippen LogP contribution < -0.4 is 10.6 Å². The molecule has 1 aromatic heterocycles. The summed E-state index contributed by atoms with van der Waals surface area (Å²) in [5.41, 5.74) is -0.583. The molecule has 3 fully saturated rings. The molecule has 2 saturated heterocycles. The molecule has 6 amide bonds. The van der Waals surface area contributed by atoms with Gasteiger partial charge in [0.25, 0.3) is 0 Å². The number of carbonyl (C=O) groups is 6. The number of rotatable bonds is 11. The van der Waals surface area contributed by atoms with Crippen molar-refractivity contribution in [2.45, 2.75) is 141 Å². The lowest BCUT2D eigenvalue weighted by atomic mass is 9.90. The van der Waals surface area contributed by atoms with E-state index in [1.807, 2.05) is 26.1 Å². The van der Waals surface area contributed by atoms with E-state index in [0.29, 0.717) is 62.4 Å². The summed E-state index contributed by atoms with van der Waals surface area (Å²) in [5, 5.41) is 10.3. The van der Waals surface area contributed by atoms with Gasteiger partial charge in [-0.1, -0.05) is 57.2 Å². The number of nitrogens with zero attached hydrogens (tertiary/aromatic N) is 6. The molecule has 0 radical (unpaired) electrons. The molecule has 1 aliphatic carbocycles. The number of alkyl halides is 4. The second-order valence-electron chi connectivity index (χ2n) is 19.1. The first-order valence-corrected chi connectivity index (χ1v) is 23.0. The molecule has 6 atom stereocenters. The van der Waals surface area contributed by atoms with Gasteiger partial charge in [0.2, 0.25) is 35.4 Å². The molecule has 1 saturated carbocycles. The molecule has 5 rings (SSSR count). The molecule has 2 aliphatic heterocycles. The average molecular weight is 938 g/mol. The number of amides is 6. The van der Waals surface area contributed by atoms with E-state index in [0.717, 1.165) is 29.5 Å². The molecule has 2 aromatic rings. The van der Waals surface area contributed by atoms with Crippen molar-refractivity contribution in [2.24, 2.45) is 24.3 Å². The molecule has 1 aromatic carbocycles. The molecular weight excluding hydrogens is 872 g/mol. The molecule has 3 aliphatic rings. The SMILES string of the molecule is CC(C)C[C@@H]1NC(=O)[C@@H](N(C)C(=O)[C@@H](NC(=O)[C@@H]2C[C@@H](F)CN2C(=O)C(C)(C)C(F)(F)F)C2CC2)CCCCCCCN(C)C(=O)[C@H](Cc2cc(Cl)ccc2-c2cnn(C)c2)N(C)C1=O. The van der Waals surface area contributed by atoms with Gasteiger partial charge in [-0.2, -0.15) is 18.3 Å². The highest BCUT2D eigenvalue weighted by atomic mass is 35.5. The van der Waals surface area contributed by atoms with Crippen molar-refractivity contribution in [3.05, 3.63) is 41.2 Å². The van der Waals surface area contributed by atoms with Crippen molar-refractivity contribution >= 4 is 47.0 Å². The van der Waals surface area contributed by atoms with Gasteiger partial charge in [-0.25, -0.2) is 4.39 Å². The number of nitrogens with one attached hydrogen (secondary N) is 2. The molecule has 3 heterocycles. The highest BCUT2D eigenvalue weighted by Gasteiger charge is 2.57. The first kappa shape index (κ1) is 51.2. The van der Waals surface area contributed by atoms with E-state index < -0.39 is 90.5 Å². The first-order valence-electron chi connectivity index (χ1n) is 22.6. The summed E-state index contributed by atoms with van der Waals surface area (Å²) in [5.74, 6) is -4.91. The maximum atomic E-state index is 14.8. The van der Waals surface area contributed by atoms with Crippen LogP contribution in [0, 0.1) is 17.3 Å². The number of likely N-dealkylation sites (tertiary alicyclic amines) is 1. The van der Waals surface area contributed by atoms with Gasteiger partial charge in [0, 0.05) is 64.4 Å². The van der Waals surface area contributed by atoms with E-state index >= 15 is 0 Å². The lowest BCUT2D eigenvalue weighted by molar-refractivity contribution is -0.217. The Hall–Kier alpha value is -4.74. The fraction of sp³-hybridized carbons (Fsp3) is 0.674. The quantitative estimate of drug-likeness (QED) is 0.274. The zero-order valence-corrected chi connectivity index (χ0v) is 39.5. The normalized spacial score (nSPS) is 24.0. The molecule has 65 heavy (non-hydrogen) atoms. The molecular formula is C46H65ClF4N8O6. The topological polar surface area (TPSA) is 157 Å². The molecule has 19 heteroatoms. The summed E-state index contributed by atoms with van der Waals surface area (Å²) in [6.45, 7) is 4.88. The van der Waals surface area contributed by atoms with Crippen LogP contribution in [0.25, 0.3) is 11.1 Å². The van der Waals surface area contributed by atoms with E-state index in [-0.39, 0.29) is 37.0 Å². The summed E-state index contributed by atoms with van der Waals surface area (Å²) >= 11 is 6.51. The molecule has 2 N–H and O–H groups in total. The number of likely N-dealkylation sites (N-methyl/N-ethyl adjacent to an activating group) is 3. The highest BCUT2D eigenvalue weighted by Crippen LogP contribution is 2.41. The van der Waals surface area contributed by atoms with E-state index in [9.17, 15) is 46.3 Å². The fourth-order valence-electron chi connectivity index (χ4n) is 8.78. The minimum atomic E-state index is -4.97. The summed E-state index contributed by atoms with van der Waals surface area (Å²) in [7, 11) is 6.49. The summed E-state index contributed by atoms with van der Waals surface area (Å²) < 4.78 is 58.1. The number of benzene rings is 1. The van der Waals surface area contributed by atoms with Gasteiger partial charge in [0.1, 0.15) is 41.8 Å². The Bertz CT molecular complexity index is 2060. The van der Waals surface area contributed by atoms with Crippen LogP contribution >= 0.6 is 11.6 Å². The first-order chi connectivity index (χ1) is 30.4. The number of carbonyl (C=O) groups excluding carboxylic acids is 6. The Kier molecular flexibility index (Phi) is 16.8. The van der Waals surface area contributed by atoms with Gasteiger partial charge in [-0.05, 0) is 81.0 Å². The monoisotopic (exact) mass is 936 g/mol. The van der Waals surface area contributed by atoms with Crippen molar-refractivity contribution in [1.82, 2.24) is 40.0 Å². The summed E-state index contributed by atoms with van der Waals surface area (Å²) in [6.07, 6.45) is 1.34. The van der Waals surface area contributed by atoms with Gasteiger partial charge >= 0.3 is 6.18 Å². The Morgan fingerprint density at radius 2 is 1.65 bits per heavy atom. The van der Waals surface area contributed by atoms with Crippen LogP contribution in [0.15, 0.2) is 30.6 Å². The smallest absolute Gasteiger partial charge is 0.344 e. The fourth-order valence-corrected chi connectivity index (χ4v) is 8.98. The highest BCUT2D eigenvalue weighted by molar-refractivity contribution is 6.30. The lowest BCUT2D eigenvalue weighted by Crippen LogP contribution is -2.60. The Morgan fingerprint density at radius 1 is 0.985 bits per heavy atom. The summed E-state index contributed by atoms with van der Waals surface area (Å²) in [4.78, 5) is 90.0. The minimum Gasteiger partial charge on any atom is -0.344 e. The van der Waals surface area contributed by atoms with E-state index in [1.54, 1.807) is 49.1 Å². The molecule has 0 spiro atoms. The molecule has 14 nitrogen and oxygen atoms in total. The Morgan fingerprint density at radius 3 is 2.26 bits per heavy atom. The van der Waals surface area contributed by atoms with Crippen molar-refractivity contribution in [1.29, 1.82) is 0 Å². The van der Waals surface area contributed by atoms with E-state index in [2.05, 4.69) is 15.7 Å². The zero-order valence-electron chi connectivity index (χ0n) is 38.7. The standard InChI is InChI=1S/C46H65ClF4N8O6/c1-27(2)20-34-41(62)58(8)37(22-29-21-31(47)17-18-33(29)30-24-52-56(6)25-30)42(63)55(5)19-13-11-9-10-12-14-35(39(60)53-34)57(7)43(64)38(28-15-16-28)54-40(61)36-23-32(48)26-59(36)44(65)45(3,4)46(49,50)51/h17-18,21,24-25,27-28,32,34-38H,9-16,19-20,22-23,26H2,1-8H3,(H,53,60)(H,54,61)/t32-,34+,35+,36+,37+,38+/m1/s1. The third-order valence-corrected chi connectivity index (χ3v) is 13.3. The van der Waals surface area contributed by atoms with Crippen molar-refractivity contribution in [2.75, 3.05) is 34.2 Å². The third-order valence-electron chi connectivity index (χ3n) is 13.1. The van der Waals surface area contributed by atoms with Gasteiger partial charge in [-0.3, -0.25) is 33.4 Å². The maximum absolute atomic E-state index is 14.8. The van der Waals surface area contributed by atoms with Crippen LogP contribution in [0.5, 0.6) is 0 Å². The van der Waals surface area contributed by atoms with E-state index in [1.165, 1.54) is 16.8 Å². The predicted octanol–water partition coefficient (Wildman–Crippen LogP) is 5.70. The van der Waals surface area contributed by atoms with Crippen LogP contribution in [0.4, 0.5) is 17.6 Å². The predicted molar refractivity (Wildman–Crippen MR) is 237 cm³/mol. The lowest BCUT2D eigenvalue weighted by Gasteiger charge is -2.36. The number of hydrogen-bond donors (Lipinski definition) is 2. The second kappa shape index (κ2) is 21.3. The van der Waals surface area contributed by atoms with Gasteiger partial charge in [0.05, 0.1) is 12.7 Å². The number of aromatic nitrogens is 2. The molecule has 0 bridgehead atoms. The molecule has 0 unspecified atom stereocenters. The van der Waals surface area contributed by atoms with Crippen LogP contribution in [-0.2, 0) is 42.2 Å². The van der Waals surface area contributed by atoms with Crippen LogP contribution in [0.3, 0.4) is 0 Å². The van der Waals surface area contributed by atoms with Gasteiger partial charge in [-0.15, -0.1) is 0 Å². The summed E-state index contributed by atoms with van der Waals surface area (Å²) in [6, 6.07) is -0.637. The third kappa shape index (κ3) is 12.4. The van der Waals surface area contributed by atoms with Crippen molar-refractivity contribution in [3.8, 4) is 11.1 Å². The average Bonchev–Trinajstić information content (AvgIpc) is 3.87. The van der Waals surface area contributed by atoms with Crippen LogP contribution in [0.1, 0.15) is 97.5 Å².